The zero-order valence-corrected chi connectivity index (χ0v) is 15.2. The van der Waals surface area contributed by atoms with Crippen LogP contribution in [0.4, 0.5) is 0 Å². The highest BCUT2D eigenvalue weighted by Gasteiger charge is 2.12. The van der Waals surface area contributed by atoms with Crippen molar-refractivity contribution in [3.8, 4) is 0 Å². The number of aromatic nitrogens is 6. The summed E-state index contributed by atoms with van der Waals surface area (Å²) in [4.78, 5) is 20.8. The highest BCUT2D eigenvalue weighted by Crippen LogP contribution is 2.15. The van der Waals surface area contributed by atoms with Crippen LogP contribution in [0.25, 0.3) is 16.8 Å². The van der Waals surface area contributed by atoms with E-state index >= 15 is 0 Å². The van der Waals surface area contributed by atoms with Crippen molar-refractivity contribution in [1.82, 2.24) is 33.6 Å². The molecular formula is C17H17N7OS. The minimum atomic E-state index is -0.000938. The van der Waals surface area contributed by atoms with E-state index in [0.717, 1.165) is 33.5 Å². The minimum absolute atomic E-state index is 0.000938. The van der Waals surface area contributed by atoms with Crippen LogP contribution in [0.2, 0.25) is 0 Å². The van der Waals surface area contributed by atoms with Gasteiger partial charge in [0.2, 0.25) is 5.91 Å². The number of nitrogens with one attached hydrogen (secondary N) is 1. The molecule has 0 atom stereocenters. The number of hydrogen-bond acceptors (Lipinski definition) is 7. The predicted octanol–water partition coefficient (Wildman–Crippen LogP) is 1.99. The van der Waals surface area contributed by atoms with Gasteiger partial charge in [-0.25, -0.2) is 9.50 Å². The van der Waals surface area contributed by atoms with Crippen LogP contribution in [0.3, 0.4) is 0 Å². The number of carbonyl (C=O) groups excluding carboxylic acids is 1. The maximum atomic E-state index is 12.2. The molecule has 1 N–H and O–H groups in total. The van der Waals surface area contributed by atoms with E-state index in [9.17, 15) is 4.79 Å². The van der Waals surface area contributed by atoms with Gasteiger partial charge in [0.05, 0.1) is 11.7 Å². The number of fused-ring (bicyclic) bond motifs is 2. The maximum Gasteiger partial charge on any atom is 0.252 e. The van der Waals surface area contributed by atoms with Gasteiger partial charge in [0.25, 0.3) is 5.78 Å². The molecule has 1 aromatic carbocycles. The average Bonchev–Trinajstić information content (AvgIpc) is 3.28. The Labute approximate surface area is 153 Å². The number of carbonyl (C=O) groups is 1. The highest BCUT2D eigenvalue weighted by atomic mass is 32.1. The topological polar surface area (TPSA) is 98.0 Å². The van der Waals surface area contributed by atoms with Gasteiger partial charge in [0.15, 0.2) is 0 Å². The fourth-order valence-electron chi connectivity index (χ4n) is 2.98. The first kappa shape index (κ1) is 16.5. The molecule has 132 valence electrons. The normalized spacial score (nSPS) is 11.3. The zero-order chi connectivity index (χ0) is 18.1. The van der Waals surface area contributed by atoms with Crippen molar-refractivity contribution in [1.29, 1.82) is 0 Å². The molecule has 3 heterocycles. The lowest BCUT2D eigenvalue weighted by atomic mass is 10.1. The van der Waals surface area contributed by atoms with E-state index in [0.29, 0.717) is 25.2 Å². The van der Waals surface area contributed by atoms with E-state index < -0.39 is 0 Å². The second-order valence-corrected chi connectivity index (χ2v) is 6.63. The molecule has 0 saturated heterocycles. The van der Waals surface area contributed by atoms with Gasteiger partial charge in [-0.1, -0.05) is 6.07 Å². The van der Waals surface area contributed by atoms with Crippen molar-refractivity contribution in [2.24, 2.45) is 0 Å². The second kappa shape index (κ2) is 6.75. The van der Waals surface area contributed by atoms with Crippen molar-refractivity contribution < 1.29 is 4.79 Å². The first-order valence-corrected chi connectivity index (χ1v) is 8.98. The molecule has 3 aromatic heterocycles. The Hall–Kier alpha value is -2.94. The van der Waals surface area contributed by atoms with Crippen LogP contribution in [-0.2, 0) is 17.8 Å². The third-order valence-corrected chi connectivity index (χ3v) is 4.96. The van der Waals surface area contributed by atoms with Crippen LogP contribution in [0, 0.1) is 13.8 Å². The van der Waals surface area contributed by atoms with Crippen LogP contribution in [0.5, 0.6) is 0 Å². The van der Waals surface area contributed by atoms with E-state index in [1.165, 1.54) is 18.1 Å². The molecule has 0 radical (unpaired) electrons. The molecule has 0 aliphatic carbocycles. The van der Waals surface area contributed by atoms with Crippen LogP contribution < -0.4 is 5.32 Å². The number of nitrogens with zero attached hydrogens (tertiary/aromatic N) is 6. The molecule has 26 heavy (non-hydrogen) atoms. The van der Waals surface area contributed by atoms with Crippen molar-refractivity contribution in [2.75, 3.05) is 0 Å². The molecule has 0 fully saturated rings. The number of rotatable bonds is 5. The summed E-state index contributed by atoms with van der Waals surface area (Å²) in [6.07, 6.45) is 2.49. The Bertz CT molecular complexity index is 1100. The van der Waals surface area contributed by atoms with Crippen LogP contribution in [0.15, 0.2) is 24.5 Å². The summed E-state index contributed by atoms with van der Waals surface area (Å²) in [6.45, 7) is 4.39. The van der Waals surface area contributed by atoms with Gasteiger partial charge >= 0.3 is 0 Å². The molecule has 4 aromatic rings. The summed E-state index contributed by atoms with van der Waals surface area (Å²) in [5, 5.41) is 7.13. The van der Waals surface area contributed by atoms with Crippen LogP contribution >= 0.6 is 11.7 Å². The summed E-state index contributed by atoms with van der Waals surface area (Å²) in [5.74, 6) is 0.583. The Morgan fingerprint density at radius 1 is 1.23 bits per heavy atom. The predicted molar refractivity (Wildman–Crippen MR) is 97.8 cm³/mol. The van der Waals surface area contributed by atoms with Gasteiger partial charge in [-0.15, -0.1) is 0 Å². The lowest BCUT2D eigenvalue weighted by Crippen LogP contribution is -2.23. The third kappa shape index (κ3) is 3.13. The first-order valence-electron chi connectivity index (χ1n) is 8.25. The van der Waals surface area contributed by atoms with Crippen LogP contribution in [0.1, 0.15) is 28.9 Å². The first-order chi connectivity index (χ1) is 12.6. The Kier molecular flexibility index (Phi) is 4.29. The monoisotopic (exact) mass is 367 g/mol. The van der Waals surface area contributed by atoms with Gasteiger partial charge in [-0.2, -0.15) is 18.8 Å². The molecule has 0 aliphatic heterocycles. The Morgan fingerprint density at radius 2 is 2.08 bits per heavy atom. The van der Waals surface area contributed by atoms with E-state index in [-0.39, 0.29) is 5.91 Å². The van der Waals surface area contributed by atoms with E-state index in [2.05, 4.69) is 29.1 Å². The van der Waals surface area contributed by atoms with Crippen molar-refractivity contribution in [3.05, 3.63) is 47.0 Å². The number of amides is 1. The molecule has 0 unspecified atom stereocenters. The number of aryl methyl sites for hydroxylation is 2. The largest absolute Gasteiger partial charge is 0.352 e. The highest BCUT2D eigenvalue weighted by molar-refractivity contribution is 7.00. The van der Waals surface area contributed by atoms with E-state index in [1.54, 1.807) is 4.52 Å². The molecule has 0 bridgehead atoms. The van der Waals surface area contributed by atoms with Crippen molar-refractivity contribution >= 4 is 34.4 Å². The molecule has 4 rings (SSSR count). The summed E-state index contributed by atoms with van der Waals surface area (Å²) >= 11 is 1.19. The van der Waals surface area contributed by atoms with Crippen molar-refractivity contribution in [2.45, 2.75) is 33.2 Å². The minimum Gasteiger partial charge on any atom is -0.352 e. The number of benzene rings is 1. The molecule has 8 nitrogen and oxygen atoms in total. The van der Waals surface area contributed by atoms with Gasteiger partial charge in [0.1, 0.15) is 17.4 Å². The van der Waals surface area contributed by atoms with E-state index in [4.69, 9.17) is 0 Å². The fraction of sp³-hybridized carbons (Fsp3) is 0.294. The van der Waals surface area contributed by atoms with Gasteiger partial charge in [0, 0.05) is 24.4 Å². The summed E-state index contributed by atoms with van der Waals surface area (Å²) in [5.41, 5.74) is 5.65. The molecule has 0 spiro atoms. The Morgan fingerprint density at radius 3 is 2.96 bits per heavy atom. The summed E-state index contributed by atoms with van der Waals surface area (Å²) in [6, 6.07) is 5.84. The fourth-order valence-corrected chi connectivity index (χ4v) is 3.50. The third-order valence-electron chi connectivity index (χ3n) is 4.40. The zero-order valence-electron chi connectivity index (χ0n) is 14.4. The SMILES string of the molecule is Cc1nc2ncnn2c(C)c1CCC(=O)NCc1ccc2nsnc2c1. The standard InChI is InChI=1S/C17H17N7OS/c1-10-13(11(2)24-17(21-10)19-9-20-24)4-6-16(25)18-8-12-3-5-14-15(7-12)23-26-22-14/h3,5,7,9H,4,6,8H2,1-2H3,(H,18,25). The quantitative estimate of drug-likeness (QED) is 0.579. The van der Waals surface area contributed by atoms with Gasteiger partial charge in [-0.05, 0) is 43.5 Å². The lowest BCUT2D eigenvalue weighted by Gasteiger charge is -2.10. The molecule has 0 aliphatic rings. The average molecular weight is 367 g/mol. The van der Waals surface area contributed by atoms with Gasteiger partial charge < -0.3 is 5.32 Å². The second-order valence-electron chi connectivity index (χ2n) is 6.10. The van der Waals surface area contributed by atoms with Gasteiger partial charge in [-0.3, -0.25) is 4.79 Å². The van der Waals surface area contributed by atoms with Crippen LogP contribution in [-0.4, -0.2) is 34.2 Å². The van der Waals surface area contributed by atoms with E-state index in [1.807, 2.05) is 32.0 Å². The summed E-state index contributed by atoms with van der Waals surface area (Å²) < 4.78 is 10.1. The van der Waals surface area contributed by atoms with Crippen molar-refractivity contribution in [3.63, 3.8) is 0 Å². The molecule has 9 heteroatoms. The number of hydrogen-bond donors (Lipinski definition) is 1. The smallest absolute Gasteiger partial charge is 0.252 e. The maximum absolute atomic E-state index is 12.2. The molecular weight excluding hydrogens is 350 g/mol. The Balaban J connectivity index is 1.39. The lowest BCUT2D eigenvalue weighted by molar-refractivity contribution is -0.121. The molecule has 0 saturated carbocycles. The molecule has 1 amide bonds. The summed E-state index contributed by atoms with van der Waals surface area (Å²) in [7, 11) is 0.